The highest BCUT2D eigenvalue weighted by atomic mass is 32.1. The fourth-order valence-electron chi connectivity index (χ4n) is 1.56. The smallest absolute Gasteiger partial charge is 0.150 e. The molecule has 0 fully saturated rings. The van der Waals surface area contributed by atoms with Gasteiger partial charge in [0.05, 0.1) is 0 Å². The molecule has 0 aromatic heterocycles. The molecule has 1 nitrogen and oxygen atoms in total. The van der Waals surface area contributed by atoms with E-state index in [1.807, 2.05) is 19.9 Å². The first kappa shape index (κ1) is 10.3. The van der Waals surface area contributed by atoms with E-state index in [1.165, 1.54) is 11.1 Å². The van der Waals surface area contributed by atoms with Crippen LogP contribution in [-0.4, -0.2) is 6.29 Å². The third-order valence-electron chi connectivity index (χ3n) is 2.50. The molecule has 0 amide bonds. The third kappa shape index (κ3) is 1.78. The van der Waals surface area contributed by atoms with Gasteiger partial charge in [0.2, 0.25) is 0 Å². The number of aldehydes is 1. The molecule has 0 bridgehead atoms. The van der Waals surface area contributed by atoms with Gasteiger partial charge in [-0.3, -0.25) is 4.79 Å². The SMILES string of the molecule is Cc1cc(C)c(C=O)c(CS)c1C. The normalized spacial score (nSPS) is 10.2. The molecule has 0 saturated heterocycles. The number of rotatable bonds is 2. The van der Waals surface area contributed by atoms with Crippen LogP contribution >= 0.6 is 12.6 Å². The molecule has 2 heteroatoms. The summed E-state index contributed by atoms with van der Waals surface area (Å²) in [5, 5.41) is 0. The predicted octanol–water partition coefficient (Wildman–Crippen LogP) is 2.85. The van der Waals surface area contributed by atoms with Crippen LogP contribution in [0.2, 0.25) is 0 Å². The third-order valence-corrected chi connectivity index (χ3v) is 2.82. The van der Waals surface area contributed by atoms with E-state index in [4.69, 9.17) is 0 Å². The van der Waals surface area contributed by atoms with Gasteiger partial charge in [0.15, 0.2) is 6.29 Å². The van der Waals surface area contributed by atoms with E-state index in [-0.39, 0.29) is 0 Å². The van der Waals surface area contributed by atoms with E-state index >= 15 is 0 Å². The van der Waals surface area contributed by atoms with Crippen LogP contribution in [0.15, 0.2) is 6.07 Å². The van der Waals surface area contributed by atoms with Crippen molar-refractivity contribution in [2.75, 3.05) is 0 Å². The molecule has 0 atom stereocenters. The Bertz CT molecular complexity index is 342. The standard InChI is InChI=1S/C11H14OS/c1-7-4-8(2)10(5-12)11(6-13)9(7)3/h4-5,13H,6H2,1-3H3. The lowest BCUT2D eigenvalue weighted by molar-refractivity contribution is 0.112. The summed E-state index contributed by atoms with van der Waals surface area (Å²) in [6.45, 7) is 6.06. The second-order valence-corrected chi connectivity index (χ2v) is 3.62. The molecular formula is C11H14OS. The number of thiol groups is 1. The van der Waals surface area contributed by atoms with Crippen LogP contribution in [0.5, 0.6) is 0 Å². The maximum Gasteiger partial charge on any atom is 0.150 e. The van der Waals surface area contributed by atoms with Gasteiger partial charge in [-0.2, -0.15) is 12.6 Å². The largest absolute Gasteiger partial charge is 0.298 e. The lowest BCUT2D eigenvalue weighted by atomic mass is 9.95. The minimum Gasteiger partial charge on any atom is -0.298 e. The van der Waals surface area contributed by atoms with Gasteiger partial charge in [-0.05, 0) is 43.0 Å². The van der Waals surface area contributed by atoms with Crippen molar-refractivity contribution < 1.29 is 4.79 Å². The van der Waals surface area contributed by atoms with Gasteiger partial charge in [0, 0.05) is 11.3 Å². The molecule has 0 N–H and O–H groups in total. The fourth-order valence-corrected chi connectivity index (χ4v) is 1.96. The first-order chi connectivity index (χ1) is 6.11. The molecule has 1 rings (SSSR count). The number of hydrogen-bond acceptors (Lipinski definition) is 2. The van der Waals surface area contributed by atoms with Gasteiger partial charge in [0.25, 0.3) is 0 Å². The molecule has 13 heavy (non-hydrogen) atoms. The van der Waals surface area contributed by atoms with Crippen molar-refractivity contribution in [2.45, 2.75) is 26.5 Å². The van der Waals surface area contributed by atoms with Crippen LogP contribution in [0.25, 0.3) is 0 Å². The average molecular weight is 194 g/mol. The highest BCUT2D eigenvalue weighted by Crippen LogP contribution is 2.22. The number of carbonyl (C=O) groups is 1. The molecule has 0 saturated carbocycles. The molecule has 0 aliphatic carbocycles. The molecule has 0 heterocycles. The Hall–Kier alpha value is -0.760. The van der Waals surface area contributed by atoms with Crippen LogP contribution in [-0.2, 0) is 5.75 Å². The van der Waals surface area contributed by atoms with E-state index in [2.05, 4.69) is 19.6 Å². The number of hydrogen-bond donors (Lipinski definition) is 1. The summed E-state index contributed by atoms with van der Waals surface area (Å²) in [5.41, 5.74) is 5.32. The summed E-state index contributed by atoms with van der Waals surface area (Å²) in [6, 6.07) is 2.05. The van der Waals surface area contributed by atoms with Crippen molar-refractivity contribution in [1.82, 2.24) is 0 Å². The second-order valence-electron chi connectivity index (χ2n) is 3.30. The number of carbonyl (C=O) groups excluding carboxylic acids is 1. The van der Waals surface area contributed by atoms with Crippen LogP contribution in [0.3, 0.4) is 0 Å². The van der Waals surface area contributed by atoms with Gasteiger partial charge >= 0.3 is 0 Å². The van der Waals surface area contributed by atoms with Crippen molar-refractivity contribution in [2.24, 2.45) is 0 Å². The zero-order valence-electron chi connectivity index (χ0n) is 8.22. The number of benzene rings is 1. The van der Waals surface area contributed by atoms with E-state index in [9.17, 15) is 4.79 Å². The maximum atomic E-state index is 10.8. The molecule has 1 aromatic rings. The van der Waals surface area contributed by atoms with E-state index < -0.39 is 0 Å². The van der Waals surface area contributed by atoms with Gasteiger partial charge in [-0.15, -0.1) is 0 Å². The van der Waals surface area contributed by atoms with Gasteiger partial charge in [-0.25, -0.2) is 0 Å². The fraction of sp³-hybridized carbons (Fsp3) is 0.364. The predicted molar refractivity (Wildman–Crippen MR) is 58.7 cm³/mol. The van der Waals surface area contributed by atoms with Crippen LogP contribution in [0.4, 0.5) is 0 Å². The van der Waals surface area contributed by atoms with Crippen LogP contribution in [0.1, 0.15) is 32.6 Å². The van der Waals surface area contributed by atoms with Crippen molar-refractivity contribution >= 4 is 18.9 Å². The molecular weight excluding hydrogens is 180 g/mol. The Balaban J connectivity index is 3.50. The van der Waals surface area contributed by atoms with Crippen molar-refractivity contribution in [3.05, 3.63) is 33.9 Å². The zero-order chi connectivity index (χ0) is 10.0. The lowest BCUT2D eigenvalue weighted by Crippen LogP contribution is -1.99. The molecule has 0 aliphatic rings. The quantitative estimate of drug-likeness (QED) is 0.566. The molecule has 1 aromatic carbocycles. The Morgan fingerprint density at radius 1 is 1.31 bits per heavy atom. The Kier molecular flexibility index (Phi) is 3.15. The van der Waals surface area contributed by atoms with Gasteiger partial charge in [-0.1, -0.05) is 6.07 Å². The minimum absolute atomic E-state index is 0.627. The topological polar surface area (TPSA) is 17.1 Å². The first-order valence-corrected chi connectivity index (χ1v) is 4.90. The second kappa shape index (κ2) is 3.97. The summed E-state index contributed by atoms with van der Waals surface area (Å²) in [7, 11) is 0. The van der Waals surface area contributed by atoms with E-state index in [0.29, 0.717) is 5.75 Å². The molecule has 0 unspecified atom stereocenters. The summed E-state index contributed by atoms with van der Waals surface area (Å²) < 4.78 is 0. The summed E-state index contributed by atoms with van der Waals surface area (Å²) in [6.07, 6.45) is 0.924. The van der Waals surface area contributed by atoms with Crippen molar-refractivity contribution in [3.8, 4) is 0 Å². The highest BCUT2D eigenvalue weighted by molar-refractivity contribution is 7.79. The first-order valence-electron chi connectivity index (χ1n) is 4.27. The maximum absolute atomic E-state index is 10.8. The molecule has 70 valence electrons. The Morgan fingerprint density at radius 2 is 1.92 bits per heavy atom. The van der Waals surface area contributed by atoms with Crippen molar-refractivity contribution in [3.63, 3.8) is 0 Å². The lowest BCUT2D eigenvalue weighted by Gasteiger charge is -2.11. The minimum atomic E-state index is 0.627. The Labute approximate surface area is 84.6 Å². The summed E-state index contributed by atoms with van der Waals surface area (Å²) >= 11 is 4.24. The highest BCUT2D eigenvalue weighted by Gasteiger charge is 2.08. The molecule has 0 spiro atoms. The van der Waals surface area contributed by atoms with Crippen molar-refractivity contribution in [1.29, 1.82) is 0 Å². The summed E-state index contributed by atoms with van der Waals surface area (Å²) in [5.74, 6) is 0.627. The molecule has 0 radical (unpaired) electrons. The van der Waals surface area contributed by atoms with E-state index in [0.717, 1.165) is 23.0 Å². The summed E-state index contributed by atoms with van der Waals surface area (Å²) in [4.78, 5) is 10.8. The Morgan fingerprint density at radius 3 is 2.38 bits per heavy atom. The monoisotopic (exact) mass is 194 g/mol. The average Bonchev–Trinajstić information content (AvgIpc) is 2.10. The van der Waals surface area contributed by atoms with Gasteiger partial charge in [0.1, 0.15) is 0 Å². The van der Waals surface area contributed by atoms with Crippen LogP contribution in [0, 0.1) is 20.8 Å². The van der Waals surface area contributed by atoms with Crippen LogP contribution < -0.4 is 0 Å². The van der Waals surface area contributed by atoms with E-state index in [1.54, 1.807) is 0 Å². The van der Waals surface area contributed by atoms with Gasteiger partial charge < -0.3 is 0 Å². The number of aryl methyl sites for hydroxylation is 2. The molecule has 0 aliphatic heterocycles. The zero-order valence-corrected chi connectivity index (χ0v) is 9.11.